The van der Waals surface area contributed by atoms with Crippen LogP contribution in [0.3, 0.4) is 0 Å². The topological polar surface area (TPSA) is 140 Å². The van der Waals surface area contributed by atoms with Gasteiger partial charge in [-0.25, -0.2) is 0 Å². The Kier molecular flexibility index (Phi) is 9.75. The molecule has 1 fully saturated rings. The molecule has 0 bridgehead atoms. The van der Waals surface area contributed by atoms with Crippen LogP contribution in [0.25, 0.3) is 6.08 Å². The maximum atomic E-state index is 13.5. The summed E-state index contributed by atoms with van der Waals surface area (Å²) in [5, 5.41) is 23.2. The number of hydrogen-bond acceptors (Lipinski definition) is 9. The van der Waals surface area contributed by atoms with Gasteiger partial charge in [-0.2, -0.15) is 5.10 Å². The summed E-state index contributed by atoms with van der Waals surface area (Å²) in [6.07, 6.45) is 4.53. The van der Waals surface area contributed by atoms with Crippen LogP contribution < -0.4 is 10.1 Å². The SMILES string of the molecule is O=C(COc1ccc(Cl)cc1/C=C1\S/C(=N/N=C\c2ccc([N+](=O)[O-])cc2)N(Cc2ccco2)C1=O)Nc1ccc(Cl)cc1. The third-order valence-electron chi connectivity index (χ3n) is 5.98. The highest BCUT2D eigenvalue weighted by Crippen LogP contribution is 2.36. The number of anilines is 1. The van der Waals surface area contributed by atoms with E-state index in [0.29, 0.717) is 43.3 Å². The van der Waals surface area contributed by atoms with E-state index < -0.39 is 10.8 Å². The van der Waals surface area contributed by atoms with E-state index >= 15 is 0 Å². The number of non-ortho nitro benzene ring substituents is 1. The normalized spacial score (nSPS) is 15.0. The van der Waals surface area contributed by atoms with E-state index in [0.717, 1.165) is 11.8 Å². The third-order valence-corrected chi connectivity index (χ3v) is 7.47. The molecule has 1 aliphatic heterocycles. The zero-order chi connectivity index (χ0) is 31.1. The summed E-state index contributed by atoms with van der Waals surface area (Å²) in [6.45, 7) is -0.192. The van der Waals surface area contributed by atoms with Gasteiger partial charge in [-0.1, -0.05) is 23.2 Å². The minimum atomic E-state index is -0.491. The first kappa shape index (κ1) is 30.5. The average molecular weight is 651 g/mol. The number of nitro groups is 1. The third kappa shape index (κ3) is 7.92. The van der Waals surface area contributed by atoms with E-state index in [1.165, 1.54) is 41.6 Å². The van der Waals surface area contributed by atoms with Crippen molar-refractivity contribution in [1.29, 1.82) is 0 Å². The average Bonchev–Trinajstić information content (AvgIpc) is 3.62. The van der Waals surface area contributed by atoms with E-state index in [1.54, 1.807) is 60.7 Å². The molecule has 1 aliphatic rings. The molecule has 2 heterocycles. The molecule has 0 unspecified atom stereocenters. The second-order valence-electron chi connectivity index (χ2n) is 9.08. The van der Waals surface area contributed by atoms with E-state index in [1.807, 2.05) is 0 Å². The molecular weight excluding hydrogens is 629 g/mol. The number of hydrogen-bond donors (Lipinski definition) is 1. The number of carbonyl (C=O) groups is 2. The Morgan fingerprint density at radius 3 is 2.52 bits per heavy atom. The summed E-state index contributed by atoms with van der Waals surface area (Å²) in [7, 11) is 0. The van der Waals surface area contributed by atoms with Crippen LogP contribution in [-0.4, -0.2) is 39.6 Å². The fourth-order valence-electron chi connectivity index (χ4n) is 3.89. The van der Waals surface area contributed by atoms with Gasteiger partial charge in [-0.05, 0) is 90.1 Å². The molecule has 14 heteroatoms. The predicted octanol–water partition coefficient (Wildman–Crippen LogP) is 7.02. The van der Waals surface area contributed by atoms with Gasteiger partial charge in [0.25, 0.3) is 17.5 Å². The Morgan fingerprint density at radius 1 is 1.07 bits per heavy atom. The number of amidine groups is 1. The lowest BCUT2D eigenvalue weighted by atomic mass is 10.2. The largest absolute Gasteiger partial charge is 0.483 e. The van der Waals surface area contributed by atoms with Crippen LogP contribution in [0.15, 0.2) is 105 Å². The van der Waals surface area contributed by atoms with Gasteiger partial charge in [0.1, 0.15) is 11.5 Å². The van der Waals surface area contributed by atoms with Gasteiger partial charge in [0.2, 0.25) is 0 Å². The van der Waals surface area contributed by atoms with Crippen LogP contribution in [0.5, 0.6) is 5.75 Å². The molecular formula is C30H21Cl2N5O6S. The maximum Gasteiger partial charge on any atom is 0.269 e. The summed E-state index contributed by atoms with van der Waals surface area (Å²) in [5.74, 6) is 0.116. The molecule has 4 aromatic rings. The molecule has 1 aromatic heterocycles. The number of rotatable bonds is 10. The van der Waals surface area contributed by atoms with E-state index in [9.17, 15) is 19.7 Å². The Balaban J connectivity index is 1.36. The van der Waals surface area contributed by atoms with Crippen LogP contribution in [0, 0.1) is 10.1 Å². The maximum absolute atomic E-state index is 13.5. The monoisotopic (exact) mass is 649 g/mol. The molecule has 1 saturated heterocycles. The standard InChI is InChI=1S/C30H21Cl2N5O6S/c31-21-5-8-23(9-6-21)34-28(38)18-43-26-12-7-22(32)14-20(26)15-27-29(39)36(17-25-2-1-13-42-25)30(44-27)35-33-16-19-3-10-24(11-4-19)37(40)41/h1-16H,17-18H2,(H,34,38)/b27-15-,33-16-,35-30+. The fraction of sp³-hybridized carbons (Fsp3) is 0.0667. The summed E-state index contributed by atoms with van der Waals surface area (Å²) in [4.78, 5) is 38.1. The van der Waals surface area contributed by atoms with Gasteiger partial charge in [-0.15, -0.1) is 5.10 Å². The number of carbonyl (C=O) groups excluding carboxylic acids is 2. The second-order valence-corrected chi connectivity index (χ2v) is 11.0. The van der Waals surface area contributed by atoms with Gasteiger partial charge < -0.3 is 14.5 Å². The zero-order valence-electron chi connectivity index (χ0n) is 22.6. The summed E-state index contributed by atoms with van der Waals surface area (Å²) in [5.41, 5.74) is 1.58. The summed E-state index contributed by atoms with van der Waals surface area (Å²) in [6, 6.07) is 20.7. The van der Waals surface area contributed by atoms with Crippen molar-refractivity contribution >= 4 is 75.6 Å². The number of amides is 2. The Morgan fingerprint density at radius 2 is 1.82 bits per heavy atom. The lowest BCUT2D eigenvalue weighted by molar-refractivity contribution is -0.384. The van der Waals surface area contributed by atoms with Crippen LogP contribution in [0.1, 0.15) is 16.9 Å². The van der Waals surface area contributed by atoms with Gasteiger partial charge in [0.05, 0.1) is 28.9 Å². The number of halogens is 2. The molecule has 44 heavy (non-hydrogen) atoms. The lowest BCUT2D eigenvalue weighted by Crippen LogP contribution is -2.28. The van der Waals surface area contributed by atoms with E-state index in [2.05, 4.69) is 15.5 Å². The van der Waals surface area contributed by atoms with Gasteiger partial charge in [0.15, 0.2) is 11.8 Å². The van der Waals surface area contributed by atoms with Gasteiger partial charge in [0, 0.05) is 33.4 Å². The molecule has 5 rings (SSSR count). The fourth-order valence-corrected chi connectivity index (χ4v) is 5.12. The van der Waals surface area contributed by atoms with Crippen molar-refractivity contribution in [3.8, 4) is 5.75 Å². The summed E-state index contributed by atoms with van der Waals surface area (Å²) < 4.78 is 11.2. The van der Waals surface area contributed by atoms with Gasteiger partial charge >= 0.3 is 0 Å². The number of benzene rings is 3. The second kappa shape index (κ2) is 14.0. The predicted molar refractivity (Wildman–Crippen MR) is 170 cm³/mol. The zero-order valence-corrected chi connectivity index (χ0v) is 24.9. The number of nitrogens with one attached hydrogen (secondary N) is 1. The highest BCUT2D eigenvalue weighted by atomic mass is 35.5. The van der Waals surface area contributed by atoms with Crippen molar-refractivity contribution < 1.29 is 23.7 Å². The molecule has 0 aliphatic carbocycles. The van der Waals surface area contributed by atoms with Crippen LogP contribution in [0.4, 0.5) is 11.4 Å². The molecule has 0 radical (unpaired) electrons. The van der Waals surface area contributed by atoms with Crippen molar-refractivity contribution in [2.24, 2.45) is 10.2 Å². The van der Waals surface area contributed by atoms with Crippen LogP contribution in [-0.2, 0) is 16.1 Å². The van der Waals surface area contributed by atoms with Crippen molar-refractivity contribution in [3.63, 3.8) is 0 Å². The minimum Gasteiger partial charge on any atom is -0.483 e. The lowest BCUT2D eigenvalue weighted by Gasteiger charge is -2.13. The Labute approximate surface area is 265 Å². The molecule has 0 atom stereocenters. The first-order chi connectivity index (χ1) is 21.2. The summed E-state index contributed by atoms with van der Waals surface area (Å²) >= 11 is 13.2. The van der Waals surface area contributed by atoms with Crippen molar-refractivity contribution in [3.05, 3.63) is 127 Å². The highest BCUT2D eigenvalue weighted by Gasteiger charge is 2.34. The molecule has 2 amide bonds. The smallest absolute Gasteiger partial charge is 0.269 e. The molecule has 222 valence electrons. The van der Waals surface area contributed by atoms with Crippen LogP contribution in [0.2, 0.25) is 10.0 Å². The minimum absolute atomic E-state index is 0.0450. The van der Waals surface area contributed by atoms with Crippen LogP contribution >= 0.6 is 35.0 Å². The molecule has 3 aromatic carbocycles. The Bertz CT molecular complexity index is 1770. The van der Waals surface area contributed by atoms with Crippen molar-refractivity contribution in [2.75, 3.05) is 11.9 Å². The Hall–Kier alpha value is -4.91. The molecule has 1 N–H and O–H groups in total. The first-order valence-electron chi connectivity index (χ1n) is 12.8. The first-order valence-corrected chi connectivity index (χ1v) is 14.4. The number of thioether (sulfide) groups is 1. The highest BCUT2D eigenvalue weighted by molar-refractivity contribution is 8.18. The molecule has 0 saturated carbocycles. The van der Waals surface area contributed by atoms with E-state index in [-0.39, 0.29) is 29.9 Å². The van der Waals surface area contributed by atoms with E-state index in [4.69, 9.17) is 32.4 Å². The molecule has 0 spiro atoms. The number of nitro benzene ring substituents is 1. The van der Waals surface area contributed by atoms with Crippen molar-refractivity contribution in [2.45, 2.75) is 6.54 Å². The van der Waals surface area contributed by atoms with Gasteiger partial charge in [-0.3, -0.25) is 24.6 Å². The molecule has 11 nitrogen and oxygen atoms in total. The van der Waals surface area contributed by atoms with Crippen molar-refractivity contribution in [1.82, 2.24) is 4.90 Å². The quantitative estimate of drug-likeness (QED) is 0.0842. The number of ether oxygens (including phenoxy) is 1. The number of furan rings is 1. The number of nitrogens with zero attached hydrogens (tertiary/aromatic N) is 4.